The highest BCUT2D eigenvalue weighted by molar-refractivity contribution is 5.37. The molecule has 18 heavy (non-hydrogen) atoms. The second-order valence-corrected chi connectivity index (χ2v) is 5.07. The first-order valence-corrected chi connectivity index (χ1v) is 6.68. The summed E-state index contributed by atoms with van der Waals surface area (Å²) < 4.78 is 0. The maximum atomic E-state index is 9.11. The van der Waals surface area contributed by atoms with Crippen LogP contribution in [0.25, 0.3) is 0 Å². The van der Waals surface area contributed by atoms with E-state index in [2.05, 4.69) is 22.4 Å². The molecule has 0 aliphatic carbocycles. The predicted molar refractivity (Wildman–Crippen MR) is 73.1 cm³/mol. The van der Waals surface area contributed by atoms with Gasteiger partial charge in [0.2, 0.25) is 0 Å². The molecule has 0 amide bonds. The number of hydrogen-bond acceptors (Lipinski definition) is 3. The van der Waals surface area contributed by atoms with Crippen LogP contribution in [0.15, 0.2) is 24.3 Å². The molecule has 3 nitrogen and oxygen atoms in total. The van der Waals surface area contributed by atoms with Crippen LogP contribution in [0, 0.1) is 17.2 Å². The summed E-state index contributed by atoms with van der Waals surface area (Å²) >= 11 is 0. The molecule has 1 aliphatic rings. The largest absolute Gasteiger partial charge is 0.319 e. The summed E-state index contributed by atoms with van der Waals surface area (Å²) in [6, 6.07) is 10.2. The standard InChI is InChI=1S/C15H21N3/c1-17-10-13-5-4-8-18(11-13)12-15-7-3-2-6-14(15)9-16/h2-3,6-7,13,17H,4-5,8,10-12H2,1H3. The van der Waals surface area contributed by atoms with Gasteiger partial charge in [-0.2, -0.15) is 5.26 Å². The molecular formula is C15H21N3. The second-order valence-electron chi connectivity index (χ2n) is 5.07. The minimum Gasteiger partial charge on any atom is -0.319 e. The summed E-state index contributed by atoms with van der Waals surface area (Å²) in [5.41, 5.74) is 1.97. The Morgan fingerprint density at radius 3 is 3.06 bits per heavy atom. The van der Waals surface area contributed by atoms with Gasteiger partial charge < -0.3 is 5.32 Å². The van der Waals surface area contributed by atoms with Crippen molar-refractivity contribution in [3.63, 3.8) is 0 Å². The minimum atomic E-state index is 0.748. The number of nitriles is 1. The van der Waals surface area contributed by atoms with Gasteiger partial charge in [-0.05, 0) is 50.5 Å². The molecule has 0 spiro atoms. The highest BCUT2D eigenvalue weighted by Crippen LogP contribution is 2.19. The zero-order valence-corrected chi connectivity index (χ0v) is 11.0. The fourth-order valence-corrected chi connectivity index (χ4v) is 2.76. The van der Waals surface area contributed by atoms with Crippen molar-refractivity contribution < 1.29 is 0 Å². The van der Waals surface area contributed by atoms with Gasteiger partial charge in [0.1, 0.15) is 0 Å². The Morgan fingerprint density at radius 2 is 2.28 bits per heavy atom. The number of piperidine rings is 1. The Bertz CT molecular complexity index is 420. The van der Waals surface area contributed by atoms with Gasteiger partial charge in [0.15, 0.2) is 0 Å². The first-order valence-electron chi connectivity index (χ1n) is 6.68. The highest BCUT2D eigenvalue weighted by Gasteiger charge is 2.19. The number of likely N-dealkylation sites (tertiary alicyclic amines) is 1. The number of hydrogen-bond donors (Lipinski definition) is 1. The quantitative estimate of drug-likeness (QED) is 0.879. The monoisotopic (exact) mass is 243 g/mol. The number of nitrogens with zero attached hydrogens (tertiary/aromatic N) is 2. The molecule has 3 heteroatoms. The van der Waals surface area contributed by atoms with Crippen LogP contribution < -0.4 is 5.32 Å². The lowest BCUT2D eigenvalue weighted by molar-refractivity contribution is 0.166. The third-order valence-electron chi connectivity index (χ3n) is 3.63. The van der Waals surface area contributed by atoms with Crippen LogP contribution in [0.5, 0.6) is 0 Å². The Labute approximate surface area is 109 Å². The van der Waals surface area contributed by atoms with Crippen LogP contribution in [0.4, 0.5) is 0 Å². The fourth-order valence-electron chi connectivity index (χ4n) is 2.76. The average Bonchev–Trinajstić information content (AvgIpc) is 2.40. The molecular weight excluding hydrogens is 222 g/mol. The van der Waals surface area contributed by atoms with Gasteiger partial charge in [0.05, 0.1) is 11.6 Å². The molecule has 0 radical (unpaired) electrons. The van der Waals surface area contributed by atoms with Crippen molar-refractivity contribution in [3.05, 3.63) is 35.4 Å². The van der Waals surface area contributed by atoms with E-state index in [1.807, 2.05) is 25.2 Å². The third kappa shape index (κ3) is 3.32. The molecule has 0 bridgehead atoms. The van der Waals surface area contributed by atoms with E-state index in [1.54, 1.807) is 0 Å². The van der Waals surface area contributed by atoms with Crippen LogP contribution in [0.3, 0.4) is 0 Å². The van der Waals surface area contributed by atoms with E-state index >= 15 is 0 Å². The zero-order valence-electron chi connectivity index (χ0n) is 11.0. The molecule has 1 atom stereocenters. The van der Waals surface area contributed by atoms with Gasteiger partial charge in [-0.15, -0.1) is 0 Å². The Hall–Kier alpha value is -1.37. The van der Waals surface area contributed by atoms with Gasteiger partial charge in [0.25, 0.3) is 0 Å². The summed E-state index contributed by atoms with van der Waals surface area (Å²) in [6.07, 6.45) is 2.58. The lowest BCUT2D eigenvalue weighted by atomic mass is 9.97. The molecule has 1 heterocycles. The normalized spacial score (nSPS) is 20.6. The van der Waals surface area contributed by atoms with Crippen LogP contribution in [-0.4, -0.2) is 31.6 Å². The topological polar surface area (TPSA) is 39.1 Å². The highest BCUT2D eigenvalue weighted by atomic mass is 15.1. The van der Waals surface area contributed by atoms with Crippen LogP contribution in [0.2, 0.25) is 0 Å². The van der Waals surface area contributed by atoms with E-state index < -0.39 is 0 Å². The molecule has 1 aromatic carbocycles. The maximum absolute atomic E-state index is 9.11. The van der Waals surface area contributed by atoms with Gasteiger partial charge in [0, 0.05) is 13.1 Å². The van der Waals surface area contributed by atoms with Crippen molar-refractivity contribution in [1.29, 1.82) is 5.26 Å². The smallest absolute Gasteiger partial charge is 0.0995 e. The molecule has 2 rings (SSSR count). The van der Waals surface area contributed by atoms with E-state index in [0.717, 1.165) is 43.2 Å². The van der Waals surface area contributed by atoms with Gasteiger partial charge in [-0.3, -0.25) is 4.90 Å². The predicted octanol–water partition coefficient (Wildman–Crippen LogP) is 1.99. The van der Waals surface area contributed by atoms with Crippen LogP contribution in [-0.2, 0) is 6.54 Å². The van der Waals surface area contributed by atoms with Crippen molar-refractivity contribution in [2.75, 3.05) is 26.7 Å². The van der Waals surface area contributed by atoms with Crippen molar-refractivity contribution in [2.45, 2.75) is 19.4 Å². The Kier molecular flexibility index (Phi) is 4.74. The molecule has 1 N–H and O–H groups in total. The zero-order chi connectivity index (χ0) is 12.8. The summed E-state index contributed by atoms with van der Waals surface area (Å²) in [5.74, 6) is 0.748. The van der Waals surface area contributed by atoms with E-state index in [-0.39, 0.29) is 0 Å². The van der Waals surface area contributed by atoms with E-state index in [1.165, 1.54) is 12.8 Å². The lowest BCUT2D eigenvalue weighted by Crippen LogP contribution is -2.38. The molecule has 1 saturated heterocycles. The molecule has 1 aromatic rings. The van der Waals surface area contributed by atoms with Gasteiger partial charge in [-0.25, -0.2) is 0 Å². The number of rotatable bonds is 4. The lowest BCUT2D eigenvalue weighted by Gasteiger charge is -2.32. The van der Waals surface area contributed by atoms with E-state index in [4.69, 9.17) is 5.26 Å². The average molecular weight is 243 g/mol. The molecule has 0 aromatic heterocycles. The summed E-state index contributed by atoms with van der Waals surface area (Å²) in [6.45, 7) is 4.29. The maximum Gasteiger partial charge on any atom is 0.0995 e. The summed E-state index contributed by atoms with van der Waals surface area (Å²) in [5, 5.41) is 12.4. The third-order valence-corrected chi connectivity index (χ3v) is 3.63. The van der Waals surface area contributed by atoms with Crippen molar-refractivity contribution in [1.82, 2.24) is 10.2 Å². The molecule has 1 aliphatic heterocycles. The first kappa shape index (κ1) is 13.1. The minimum absolute atomic E-state index is 0.748. The van der Waals surface area contributed by atoms with E-state index in [9.17, 15) is 0 Å². The second kappa shape index (κ2) is 6.53. The SMILES string of the molecule is CNCC1CCCN(Cc2ccccc2C#N)C1. The summed E-state index contributed by atoms with van der Waals surface area (Å²) in [4.78, 5) is 2.47. The first-order chi connectivity index (χ1) is 8.83. The van der Waals surface area contributed by atoms with Crippen molar-refractivity contribution in [2.24, 2.45) is 5.92 Å². The van der Waals surface area contributed by atoms with Crippen molar-refractivity contribution in [3.8, 4) is 6.07 Å². The van der Waals surface area contributed by atoms with Gasteiger partial charge in [-0.1, -0.05) is 18.2 Å². The molecule has 1 fully saturated rings. The number of benzene rings is 1. The molecule has 1 unspecified atom stereocenters. The molecule has 0 saturated carbocycles. The Balaban J connectivity index is 1.98. The number of nitrogens with one attached hydrogen (secondary N) is 1. The van der Waals surface area contributed by atoms with Gasteiger partial charge >= 0.3 is 0 Å². The van der Waals surface area contributed by atoms with Crippen LogP contribution >= 0.6 is 0 Å². The summed E-state index contributed by atoms with van der Waals surface area (Å²) in [7, 11) is 2.02. The molecule has 96 valence electrons. The Morgan fingerprint density at radius 1 is 1.44 bits per heavy atom. The van der Waals surface area contributed by atoms with Crippen LogP contribution in [0.1, 0.15) is 24.0 Å². The van der Waals surface area contributed by atoms with Crippen molar-refractivity contribution >= 4 is 0 Å². The van der Waals surface area contributed by atoms with E-state index in [0.29, 0.717) is 0 Å². The fraction of sp³-hybridized carbons (Fsp3) is 0.533.